The molecule has 0 aliphatic carbocycles. The van der Waals surface area contributed by atoms with Crippen LogP contribution in [0.25, 0.3) is 0 Å². The van der Waals surface area contributed by atoms with E-state index < -0.39 is 39.8 Å². The third kappa shape index (κ3) is 9.94. The molecule has 0 spiro atoms. The predicted octanol–water partition coefficient (Wildman–Crippen LogP) is 1.12. The van der Waals surface area contributed by atoms with Crippen molar-refractivity contribution in [1.29, 1.82) is 5.41 Å². The fourth-order valence-corrected chi connectivity index (χ4v) is 5.06. The zero-order valence-corrected chi connectivity index (χ0v) is 22.4. The lowest BCUT2D eigenvalue weighted by molar-refractivity contribution is -0.131. The summed E-state index contributed by atoms with van der Waals surface area (Å²) in [6.07, 6.45) is 0.292. The largest absolute Gasteiger partial charge is 0.384 e. The first-order valence-electron chi connectivity index (χ1n) is 12.3. The molecule has 0 heterocycles. The molecule has 0 aliphatic heterocycles. The number of benzene rings is 2. The average molecular weight is 547 g/mol. The molecule has 2 rings (SSSR count). The van der Waals surface area contributed by atoms with Crippen molar-refractivity contribution in [2.45, 2.75) is 57.5 Å². The predicted molar refractivity (Wildman–Crippen MR) is 147 cm³/mol. The van der Waals surface area contributed by atoms with Gasteiger partial charge in [0.25, 0.3) is 0 Å². The highest BCUT2D eigenvalue weighted by molar-refractivity contribution is 7.88. The Hall–Kier alpha value is -3.77. The molecule has 3 atom stereocenters. The highest BCUT2D eigenvalue weighted by Crippen LogP contribution is 2.13. The van der Waals surface area contributed by atoms with Gasteiger partial charge in [-0.25, -0.2) is 13.1 Å². The smallest absolute Gasteiger partial charge is 0.242 e. The van der Waals surface area contributed by atoms with Crippen LogP contribution < -0.4 is 26.8 Å². The maximum absolute atomic E-state index is 13.2. The number of carbonyl (C=O) groups excluding carboxylic acids is 3. The van der Waals surface area contributed by atoms with E-state index in [0.29, 0.717) is 17.5 Å². The number of hydrogen-bond acceptors (Lipinski definition) is 6. The molecule has 11 nitrogen and oxygen atoms in total. The van der Waals surface area contributed by atoms with Crippen LogP contribution in [-0.2, 0) is 36.7 Å². The Balaban J connectivity index is 0.00000760. The summed E-state index contributed by atoms with van der Waals surface area (Å²) in [6.45, 7) is 3.68. The van der Waals surface area contributed by atoms with Gasteiger partial charge in [0.05, 0.1) is 5.75 Å². The summed E-state index contributed by atoms with van der Waals surface area (Å²) in [7, 11) is -3.88. The van der Waals surface area contributed by atoms with E-state index in [2.05, 4.69) is 15.4 Å². The standard InChI is InChI=1S/C26H36N6O5S.H2/c1-3-17(2)23(32-38(36,37)16-19-7-5-4-6-8-19)26(35)31-21(13-14-22(27)33)25(34)30-15-18-9-11-20(12-10-18)24(28)29;/h4-12,17,21,23,32H,3,13-16H2,1-2H3,(H2,27,33)(H3,28,29)(H,30,34)(H,31,35);1H/t17?,21-,23+;/m0./s1. The first kappa shape index (κ1) is 30.5. The van der Waals surface area contributed by atoms with Crippen LogP contribution >= 0.6 is 0 Å². The van der Waals surface area contributed by atoms with Gasteiger partial charge in [-0.3, -0.25) is 19.8 Å². The summed E-state index contributed by atoms with van der Waals surface area (Å²) >= 11 is 0. The SMILES string of the molecule is CCC(C)[C@@H](NS(=O)(=O)Cc1ccccc1)C(=O)N[C@@H](CCC(N)=O)C(=O)NCc1ccc(C(=N)N)cc1.[HH]. The van der Waals surface area contributed by atoms with E-state index >= 15 is 0 Å². The van der Waals surface area contributed by atoms with Gasteiger partial charge in [-0.2, -0.15) is 0 Å². The third-order valence-corrected chi connectivity index (χ3v) is 7.37. The molecule has 38 heavy (non-hydrogen) atoms. The fraction of sp³-hybridized carbons (Fsp3) is 0.385. The van der Waals surface area contributed by atoms with Crippen LogP contribution in [0.5, 0.6) is 0 Å². The third-order valence-electron chi connectivity index (χ3n) is 6.05. The van der Waals surface area contributed by atoms with Crippen molar-refractivity contribution in [2.75, 3.05) is 0 Å². The first-order chi connectivity index (χ1) is 17.9. The number of amides is 3. The van der Waals surface area contributed by atoms with Crippen molar-refractivity contribution in [1.82, 2.24) is 15.4 Å². The van der Waals surface area contributed by atoms with E-state index in [0.717, 1.165) is 5.56 Å². The Morgan fingerprint density at radius 1 is 0.974 bits per heavy atom. The topological polar surface area (TPSA) is 197 Å². The second-order valence-corrected chi connectivity index (χ2v) is 10.9. The maximum atomic E-state index is 13.2. The number of hydrogen-bond donors (Lipinski definition) is 6. The molecule has 8 N–H and O–H groups in total. The number of rotatable bonds is 15. The summed E-state index contributed by atoms with van der Waals surface area (Å²) in [4.78, 5) is 37.6. The van der Waals surface area contributed by atoms with Crippen LogP contribution in [0.1, 0.15) is 51.2 Å². The molecule has 0 aliphatic rings. The van der Waals surface area contributed by atoms with E-state index in [1.807, 2.05) is 6.92 Å². The normalized spacial score (nSPS) is 13.6. The minimum atomic E-state index is -3.88. The highest BCUT2D eigenvalue weighted by atomic mass is 32.2. The molecule has 208 valence electrons. The van der Waals surface area contributed by atoms with Crippen LogP contribution in [0.4, 0.5) is 0 Å². The lowest BCUT2D eigenvalue weighted by atomic mass is 9.98. The van der Waals surface area contributed by atoms with E-state index in [1.54, 1.807) is 61.5 Å². The molecule has 0 aromatic heterocycles. The Kier molecular flexibility index (Phi) is 11.4. The molecule has 2 aromatic rings. The van der Waals surface area contributed by atoms with Gasteiger partial charge in [-0.05, 0) is 23.5 Å². The van der Waals surface area contributed by atoms with Gasteiger partial charge in [0.1, 0.15) is 17.9 Å². The van der Waals surface area contributed by atoms with Gasteiger partial charge in [0.15, 0.2) is 0 Å². The lowest BCUT2D eigenvalue weighted by Crippen LogP contribution is -2.55. The van der Waals surface area contributed by atoms with Crippen molar-refractivity contribution >= 4 is 33.6 Å². The summed E-state index contributed by atoms with van der Waals surface area (Å²) in [5, 5.41) is 12.8. The van der Waals surface area contributed by atoms with Crippen molar-refractivity contribution in [3.8, 4) is 0 Å². The van der Waals surface area contributed by atoms with Gasteiger partial charge in [-0.15, -0.1) is 0 Å². The van der Waals surface area contributed by atoms with Crippen LogP contribution in [-0.4, -0.2) is 44.1 Å². The van der Waals surface area contributed by atoms with Crippen LogP contribution in [0.2, 0.25) is 0 Å². The molecule has 0 saturated carbocycles. The Labute approximate surface area is 224 Å². The van der Waals surface area contributed by atoms with Crippen LogP contribution in [0.3, 0.4) is 0 Å². The number of carbonyl (C=O) groups is 3. The van der Waals surface area contributed by atoms with E-state index in [-0.39, 0.29) is 38.3 Å². The zero-order valence-electron chi connectivity index (χ0n) is 21.6. The Morgan fingerprint density at radius 2 is 1.61 bits per heavy atom. The Morgan fingerprint density at radius 3 is 2.16 bits per heavy atom. The van der Waals surface area contributed by atoms with Crippen LogP contribution in [0.15, 0.2) is 54.6 Å². The minimum Gasteiger partial charge on any atom is -0.384 e. The van der Waals surface area contributed by atoms with Crippen molar-refractivity contribution in [2.24, 2.45) is 17.4 Å². The molecule has 12 heteroatoms. The molecule has 0 bridgehead atoms. The van der Waals surface area contributed by atoms with Crippen molar-refractivity contribution in [3.05, 3.63) is 71.3 Å². The molecule has 1 unspecified atom stereocenters. The quantitative estimate of drug-likeness (QED) is 0.143. The average Bonchev–Trinajstić information content (AvgIpc) is 2.88. The summed E-state index contributed by atoms with van der Waals surface area (Å²) in [6, 6.07) is 13.0. The highest BCUT2D eigenvalue weighted by Gasteiger charge is 2.32. The molecule has 0 radical (unpaired) electrons. The number of sulfonamides is 1. The number of nitrogens with two attached hydrogens (primary N) is 2. The lowest BCUT2D eigenvalue weighted by Gasteiger charge is -2.26. The number of nitrogen functional groups attached to an aromatic ring is 1. The minimum absolute atomic E-state index is 0. The van der Waals surface area contributed by atoms with Gasteiger partial charge in [0, 0.05) is 20.0 Å². The van der Waals surface area contributed by atoms with E-state index in [4.69, 9.17) is 16.9 Å². The maximum Gasteiger partial charge on any atom is 0.242 e. The molecule has 0 fully saturated rings. The summed E-state index contributed by atoms with van der Waals surface area (Å²) < 4.78 is 28.2. The molecular formula is C26H38N6O5S. The van der Waals surface area contributed by atoms with Crippen LogP contribution in [0, 0.1) is 11.3 Å². The van der Waals surface area contributed by atoms with Crippen molar-refractivity contribution in [3.63, 3.8) is 0 Å². The molecule has 3 amide bonds. The summed E-state index contributed by atoms with van der Waals surface area (Å²) in [5.74, 6) is -2.62. The van der Waals surface area contributed by atoms with Gasteiger partial charge in [0.2, 0.25) is 27.7 Å². The number of primary amides is 1. The molecular weight excluding hydrogens is 508 g/mol. The van der Waals surface area contributed by atoms with Crippen molar-refractivity contribution < 1.29 is 24.2 Å². The van der Waals surface area contributed by atoms with Gasteiger partial charge in [-0.1, -0.05) is 74.9 Å². The van der Waals surface area contributed by atoms with E-state index in [9.17, 15) is 22.8 Å². The first-order valence-corrected chi connectivity index (χ1v) is 13.9. The fourth-order valence-electron chi connectivity index (χ4n) is 3.62. The zero-order chi connectivity index (χ0) is 28.3. The number of amidine groups is 1. The summed E-state index contributed by atoms with van der Waals surface area (Å²) in [5.41, 5.74) is 12.6. The number of nitrogens with one attached hydrogen (secondary N) is 4. The second-order valence-electron chi connectivity index (χ2n) is 9.12. The van der Waals surface area contributed by atoms with Gasteiger partial charge >= 0.3 is 0 Å². The second kappa shape index (κ2) is 14.2. The molecule has 0 saturated heterocycles. The Bertz CT molecular complexity index is 1230. The monoisotopic (exact) mass is 546 g/mol. The molecule has 2 aromatic carbocycles. The van der Waals surface area contributed by atoms with E-state index in [1.165, 1.54) is 0 Å². The van der Waals surface area contributed by atoms with Gasteiger partial charge < -0.3 is 22.1 Å².